The second-order valence-corrected chi connectivity index (χ2v) is 6.86. The van der Waals surface area contributed by atoms with E-state index in [9.17, 15) is 4.79 Å². The second-order valence-electron chi connectivity index (χ2n) is 6.42. The molecule has 0 aromatic heterocycles. The Bertz CT molecular complexity index is 551. The Kier molecular flexibility index (Phi) is 4.22. The summed E-state index contributed by atoms with van der Waals surface area (Å²) in [5, 5.41) is 0.434. The van der Waals surface area contributed by atoms with Crippen molar-refractivity contribution in [1.29, 1.82) is 0 Å². The maximum absolute atomic E-state index is 11.3. The second kappa shape index (κ2) is 5.50. The van der Waals surface area contributed by atoms with Gasteiger partial charge in [0.25, 0.3) is 0 Å². The summed E-state index contributed by atoms with van der Waals surface area (Å²) in [7, 11) is 1.52. The summed E-state index contributed by atoms with van der Waals surface area (Å²) in [6.07, 6.45) is 1.27. The van der Waals surface area contributed by atoms with Crippen LogP contribution in [0.5, 0.6) is 11.5 Å². The van der Waals surface area contributed by atoms with E-state index in [1.165, 1.54) is 7.11 Å². The zero-order valence-corrected chi connectivity index (χ0v) is 13.8. The van der Waals surface area contributed by atoms with Crippen molar-refractivity contribution in [2.45, 2.75) is 51.4 Å². The van der Waals surface area contributed by atoms with Crippen LogP contribution in [0.4, 0.5) is 0 Å². The minimum absolute atomic E-state index is 0.179. The highest BCUT2D eigenvalue weighted by atomic mass is 35.5. The molecule has 2 rings (SSSR count). The predicted octanol–water partition coefficient (Wildman–Crippen LogP) is 3.89. The molecule has 4 nitrogen and oxygen atoms in total. The average molecular weight is 313 g/mol. The molecule has 0 aliphatic carbocycles. The normalized spacial score (nSPS) is 22.9. The van der Waals surface area contributed by atoms with Gasteiger partial charge in [0, 0.05) is 17.5 Å². The number of hydrogen-bond acceptors (Lipinski definition) is 4. The first-order valence-corrected chi connectivity index (χ1v) is 7.26. The molecular weight excluding hydrogens is 292 g/mol. The van der Waals surface area contributed by atoms with E-state index < -0.39 is 5.60 Å². The van der Waals surface area contributed by atoms with Gasteiger partial charge in [-0.3, -0.25) is 4.79 Å². The van der Waals surface area contributed by atoms with Gasteiger partial charge in [-0.05, 0) is 33.8 Å². The Morgan fingerprint density at radius 1 is 1.33 bits per heavy atom. The maximum Gasteiger partial charge on any atom is 0.172 e. The van der Waals surface area contributed by atoms with Gasteiger partial charge in [0.1, 0.15) is 11.7 Å². The molecule has 5 heteroatoms. The van der Waals surface area contributed by atoms with Crippen LogP contribution in [0.2, 0.25) is 5.02 Å². The van der Waals surface area contributed by atoms with Crippen molar-refractivity contribution in [2.75, 3.05) is 7.11 Å². The van der Waals surface area contributed by atoms with Crippen LogP contribution in [-0.4, -0.2) is 30.7 Å². The molecule has 0 N–H and O–H groups in total. The average Bonchev–Trinajstić information content (AvgIpc) is 2.58. The molecule has 1 aliphatic heterocycles. The number of aldehydes is 1. The Labute approximate surface area is 130 Å². The zero-order valence-electron chi connectivity index (χ0n) is 13.0. The maximum atomic E-state index is 11.3. The lowest BCUT2D eigenvalue weighted by atomic mass is 9.97. The molecular formula is C16H21ClO4. The summed E-state index contributed by atoms with van der Waals surface area (Å²) < 4.78 is 17.4. The van der Waals surface area contributed by atoms with Crippen LogP contribution in [0, 0.1) is 0 Å². The molecule has 0 bridgehead atoms. The topological polar surface area (TPSA) is 44.8 Å². The summed E-state index contributed by atoms with van der Waals surface area (Å²) in [6, 6.07) is 3.21. The third-order valence-corrected chi connectivity index (χ3v) is 3.87. The number of ether oxygens (including phenoxy) is 3. The summed E-state index contributed by atoms with van der Waals surface area (Å²) in [5.74, 6) is 0.862. The molecule has 0 radical (unpaired) electrons. The Balaban J connectivity index is 2.37. The van der Waals surface area contributed by atoms with E-state index in [2.05, 4.69) is 0 Å². The van der Waals surface area contributed by atoms with Crippen LogP contribution in [0.15, 0.2) is 12.1 Å². The van der Waals surface area contributed by atoms with Crippen molar-refractivity contribution in [3.63, 3.8) is 0 Å². The number of methoxy groups -OCH3 is 1. The minimum atomic E-state index is -0.450. The van der Waals surface area contributed by atoms with Gasteiger partial charge >= 0.3 is 0 Å². The molecule has 1 unspecified atom stereocenters. The van der Waals surface area contributed by atoms with Crippen LogP contribution in [0.25, 0.3) is 0 Å². The van der Waals surface area contributed by atoms with E-state index in [0.29, 0.717) is 22.1 Å². The summed E-state index contributed by atoms with van der Waals surface area (Å²) in [6.45, 7) is 8.01. The van der Waals surface area contributed by atoms with Gasteiger partial charge in [-0.15, -0.1) is 0 Å². The van der Waals surface area contributed by atoms with Crippen molar-refractivity contribution in [3.8, 4) is 11.5 Å². The van der Waals surface area contributed by atoms with Gasteiger partial charge in [-0.2, -0.15) is 0 Å². The summed E-state index contributed by atoms with van der Waals surface area (Å²) >= 11 is 5.98. The van der Waals surface area contributed by atoms with Gasteiger partial charge < -0.3 is 14.2 Å². The van der Waals surface area contributed by atoms with E-state index in [0.717, 1.165) is 12.7 Å². The van der Waals surface area contributed by atoms with E-state index in [4.69, 9.17) is 25.8 Å². The summed E-state index contributed by atoms with van der Waals surface area (Å²) in [5.41, 5.74) is -0.344. The number of carbonyl (C=O) groups is 1. The number of benzene rings is 1. The lowest BCUT2D eigenvalue weighted by Gasteiger charge is -2.28. The number of carbonyl (C=O) groups excluding carboxylic acids is 1. The van der Waals surface area contributed by atoms with E-state index in [1.54, 1.807) is 12.1 Å². The smallest absolute Gasteiger partial charge is 0.172 e. The predicted molar refractivity (Wildman–Crippen MR) is 81.7 cm³/mol. The molecule has 1 aliphatic rings. The molecule has 1 fully saturated rings. The van der Waals surface area contributed by atoms with Crippen molar-refractivity contribution in [2.24, 2.45) is 0 Å². The third-order valence-electron chi connectivity index (χ3n) is 3.65. The lowest BCUT2D eigenvalue weighted by molar-refractivity contribution is -0.0848. The van der Waals surface area contributed by atoms with Crippen LogP contribution in [0.3, 0.4) is 0 Å². The molecule has 0 amide bonds. The molecule has 21 heavy (non-hydrogen) atoms. The minimum Gasteiger partial charge on any atom is -0.493 e. The van der Waals surface area contributed by atoms with Crippen LogP contribution >= 0.6 is 11.6 Å². The molecule has 1 saturated heterocycles. The molecule has 1 atom stereocenters. The zero-order chi connectivity index (χ0) is 15.8. The standard InChI is InChI=1S/C16H21ClO4/c1-15(2)8-13(16(3,4)21-15)20-14-10(9-18)6-11(17)7-12(14)19-5/h6-7,9,13H,8H2,1-5H3. The van der Waals surface area contributed by atoms with Crippen molar-refractivity contribution < 1.29 is 19.0 Å². The first kappa shape index (κ1) is 16.1. The molecule has 116 valence electrons. The molecule has 0 spiro atoms. The van der Waals surface area contributed by atoms with Crippen molar-refractivity contribution >= 4 is 17.9 Å². The molecule has 0 saturated carbocycles. The van der Waals surface area contributed by atoms with E-state index >= 15 is 0 Å². The number of halogens is 1. The Morgan fingerprint density at radius 2 is 2.00 bits per heavy atom. The molecule has 1 heterocycles. The van der Waals surface area contributed by atoms with E-state index in [1.807, 2.05) is 27.7 Å². The highest BCUT2D eigenvalue weighted by molar-refractivity contribution is 6.31. The molecule has 1 aromatic rings. The third kappa shape index (κ3) is 3.33. The first-order chi connectivity index (χ1) is 9.68. The van der Waals surface area contributed by atoms with Crippen LogP contribution < -0.4 is 9.47 Å². The van der Waals surface area contributed by atoms with Gasteiger partial charge in [0.05, 0.1) is 18.3 Å². The highest BCUT2D eigenvalue weighted by Gasteiger charge is 2.48. The Hall–Kier alpha value is -1.26. The fraction of sp³-hybridized carbons (Fsp3) is 0.562. The number of rotatable bonds is 4. The van der Waals surface area contributed by atoms with Crippen molar-refractivity contribution in [3.05, 3.63) is 22.7 Å². The van der Waals surface area contributed by atoms with Gasteiger partial charge in [0.15, 0.2) is 17.8 Å². The SMILES string of the molecule is COc1cc(Cl)cc(C=O)c1OC1CC(C)(C)OC1(C)C. The monoisotopic (exact) mass is 312 g/mol. The largest absolute Gasteiger partial charge is 0.493 e. The van der Waals surface area contributed by atoms with Gasteiger partial charge in [-0.1, -0.05) is 11.6 Å². The lowest BCUT2D eigenvalue weighted by Crippen LogP contribution is -2.37. The fourth-order valence-corrected chi connectivity index (χ4v) is 3.01. The molecule has 1 aromatic carbocycles. The summed E-state index contributed by atoms with van der Waals surface area (Å²) in [4.78, 5) is 11.3. The van der Waals surface area contributed by atoms with Crippen LogP contribution in [-0.2, 0) is 4.74 Å². The van der Waals surface area contributed by atoms with Gasteiger partial charge in [-0.25, -0.2) is 0 Å². The quantitative estimate of drug-likeness (QED) is 0.791. The van der Waals surface area contributed by atoms with Gasteiger partial charge in [0.2, 0.25) is 0 Å². The first-order valence-electron chi connectivity index (χ1n) is 6.88. The van der Waals surface area contributed by atoms with Crippen LogP contribution in [0.1, 0.15) is 44.5 Å². The fourth-order valence-electron chi connectivity index (χ4n) is 2.79. The highest BCUT2D eigenvalue weighted by Crippen LogP contribution is 2.42. The number of hydrogen-bond donors (Lipinski definition) is 0. The van der Waals surface area contributed by atoms with E-state index in [-0.39, 0.29) is 11.7 Å². The van der Waals surface area contributed by atoms with Crippen molar-refractivity contribution in [1.82, 2.24) is 0 Å². The Morgan fingerprint density at radius 3 is 2.48 bits per heavy atom.